The molecule has 4 heteroatoms. The number of hydrogen-bond acceptors (Lipinski definition) is 1. The topological polar surface area (TPSA) is 20.3 Å². The number of benzene rings is 2. The predicted molar refractivity (Wildman–Crippen MR) is 86.8 cm³/mol. The van der Waals surface area contributed by atoms with Crippen LogP contribution in [0.5, 0.6) is 0 Å². The van der Waals surface area contributed by atoms with E-state index < -0.39 is 0 Å². The summed E-state index contributed by atoms with van der Waals surface area (Å²) < 4.78 is 13.8. The quantitative estimate of drug-likeness (QED) is 0.822. The van der Waals surface area contributed by atoms with Gasteiger partial charge >= 0.3 is 0 Å². The molecule has 0 atom stereocenters. The van der Waals surface area contributed by atoms with E-state index in [1.807, 2.05) is 23.1 Å². The fourth-order valence-corrected chi connectivity index (χ4v) is 3.19. The fraction of sp³-hybridized carbons (Fsp3) is 0.278. The van der Waals surface area contributed by atoms with Crippen LogP contribution in [0.25, 0.3) is 0 Å². The summed E-state index contributed by atoms with van der Waals surface area (Å²) in [6.45, 7) is 0.723. The molecule has 1 aliphatic heterocycles. The first-order valence-corrected chi connectivity index (χ1v) is 7.86. The Morgan fingerprint density at radius 2 is 2.00 bits per heavy atom. The van der Waals surface area contributed by atoms with Crippen LogP contribution in [-0.4, -0.2) is 12.5 Å². The Bertz CT molecular complexity index is 681. The zero-order valence-corrected chi connectivity index (χ0v) is 12.9. The van der Waals surface area contributed by atoms with Crippen molar-refractivity contribution in [2.24, 2.45) is 0 Å². The van der Waals surface area contributed by atoms with Crippen LogP contribution in [0, 0.1) is 5.82 Å². The maximum Gasteiger partial charge on any atom is 0.227 e. The van der Waals surface area contributed by atoms with Gasteiger partial charge in [0.25, 0.3) is 0 Å². The van der Waals surface area contributed by atoms with Gasteiger partial charge in [0.2, 0.25) is 5.91 Å². The maximum absolute atomic E-state index is 13.8. The van der Waals surface area contributed by atoms with E-state index in [4.69, 9.17) is 11.6 Å². The molecular formula is C18H17ClFNO. The molecule has 0 fully saturated rings. The molecule has 0 aromatic heterocycles. The van der Waals surface area contributed by atoms with E-state index in [0.29, 0.717) is 17.0 Å². The maximum atomic E-state index is 13.8. The van der Waals surface area contributed by atoms with Crippen molar-refractivity contribution in [2.45, 2.75) is 25.7 Å². The highest BCUT2D eigenvalue weighted by Gasteiger charge is 2.22. The van der Waals surface area contributed by atoms with E-state index >= 15 is 0 Å². The average Bonchev–Trinajstić information content (AvgIpc) is 2.53. The number of amides is 1. The van der Waals surface area contributed by atoms with Crippen LogP contribution in [0.15, 0.2) is 42.5 Å². The highest BCUT2D eigenvalue weighted by atomic mass is 35.5. The molecule has 0 bridgehead atoms. The first-order chi connectivity index (χ1) is 10.7. The minimum absolute atomic E-state index is 0.0199. The van der Waals surface area contributed by atoms with Crippen molar-refractivity contribution in [3.8, 4) is 0 Å². The number of carbonyl (C=O) groups is 1. The van der Waals surface area contributed by atoms with Crippen LogP contribution in [0.1, 0.15) is 24.0 Å². The second kappa shape index (κ2) is 6.49. The van der Waals surface area contributed by atoms with Crippen molar-refractivity contribution in [1.82, 2.24) is 0 Å². The number of hydrogen-bond donors (Lipinski definition) is 0. The van der Waals surface area contributed by atoms with E-state index in [-0.39, 0.29) is 18.1 Å². The molecule has 0 saturated carbocycles. The molecule has 3 rings (SSSR count). The van der Waals surface area contributed by atoms with Gasteiger partial charge in [-0.1, -0.05) is 35.9 Å². The molecule has 22 heavy (non-hydrogen) atoms. The normalized spacial score (nSPS) is 13.8. The van der Waals surface area contributed by atoms with Crippen LogP contribution < -0.4 is 4.90 Å². The molecule has 2 aromatic rings. The van der Waals surface area contributed by atoms with E-state index in [1.165, 1.54) is 11.6 Å². The molecule has 114 valence electrons. The van der Waals surface area contributed by atoms with Gasteiger partial charge in [-0.25, -0.2) is 4.39 Å². The van der Waals surface area contributed by atoms with E-state index in [9.17, 15) is 9.18 Å². The van der Waals surface area contributed by atoms with Crippen molar-refractivity contribution >= 4 is 23.2 Å². The zero-order valence-electron chi connectivity index (χ0n) is 12.2. The number of nitrogens with zero attached hydrogens (tertiary/aromatic N) is 1. The number of halogens is 2. The van der Waals surface area contributed by atoms with Crippen molar-refractivity contribution < 1.29 is 9.18 Å². The highest BCUT2D eigenvalue weighted by molar-refractivity contribution is 6.31. The third kappa shape index (κ3) is 3.00. The summed E-state index contributed by atoms with van der Waals surface area (Å²) in [4.78, 5) is 14.3. The lowest BCUT2D eigenvalue weighted by atomic mass is 10.0. The molecule has 0 radical (unpaired) electrons. The molecule has 1 heterocycles. The number of para-hydroxylation sites is 1. The monoisotopic (exact) mass is 317 g/mol. The molecular weight excluding hydrogens is 301 g/mol. The second-order valence-electron chi connectivity index (χ2n) is 5.48. The average molecular weight is 318 g/mol. The Hall–Kier alpha value is -1.87. The standard InChI is InChI=1S/C18H17ClFNO/c19-15-7-3-8-16(20)14(15)10-11-18(22)21-12-4-6-13-5-1-2-9-17(13)21/h1-3,5,7-9H,4,6,10-12H2. The van der Waals surface area contributed by atoms with Gasteiger partial charge in [-0.3, -0.25) is 4.79 Å². The van der Waals surface area contributed by atoms with Crippen LogP contribution in [0.2, 0.25) is 5.02 Å². The van der Waals surface area contributed by atoms with Crippen molar-refractivity contribution in [1.29, 1.82) is 0 Å². The minimum atomic E-state index is -0.348. The van der Waals surface area contributed by atoms with E-state index in [0.717, 1.165) is 25.1 Å². The predicted octanol–water partition coefficient (Wildman–Crippen LogP) is 4.39. The molecule has 0 N–H and O–H groups in total. The first-order valence-electron chi connectivity index (χ1n) is 7.48. The summed E-state index contributed by atoms with van der Waals surface area (Å²) in [5.74, 6) is -0.328. The Labute approximate surface area is 134 Å². The molecule has 1 amide bonds. The van der Waals surface area contributed by atoms with Crippen molar-refractivity contribution in [2.75, 3.05) is 11.4 Å². The van der Waals surface area contributed by atoms with Gasteiger partial charge in [0.1, 0.15) is 5.82 Å². The Balaban J connectivity index is 1.74. The molecule has 2 aromatic carbocycles. The minimum Gasteiger partial charge on any atom is -0.312 e. The van der Waals surface area contributed by atoms with Crippen LogP contribution in [0.3, 0.4) is 0 Å². The molecule has 2 nitrogen and oxygen atoms in total. The SMILES string of the molecule is O=C(CCc1c(F)cccc1Cl)N1CCCc2ccccc21. The van der Waals surface area contributed by atoms with Gasteiger partial charge in [0, 0.05) is 29.2 Å². The molecule has 0 saturated heterocycles. The third-order valence-electron chi connectivity index (χ3n) is 4.06. The number of anilines is 1. The summed E-state index contributed by atoms with van der Waals surface area (Å²) in [7, 11) is 0. The number of fused-ring (bicyclic) bond motifs is 1. The van der Waals surface area contributed by atoms with E-state index in [2.05, 4.69) is 6.07 Å². The first kappa shape index (κ1) is 15.0. The second-order valence-corrected chi connectivity index (χ2v) is 5.89. The summed E-state index contributed by atoms with van der Waals surface area (Å²) in [5, 5.41) is 0.381. The molecule has 0 aliphatic carbocycles. The third-order valence-corrected chi connectivity index (χ3v) is 4.42. The summed E-state index contributed by atoms with van der Waals surface area (Å²) in [5.41, 5.74) is 2.60. The number of rotatable bonds is 3. The summed E-state index contributed by atoms with van der Waals surface area (Å²) in [6.07, 6.45) is 2.54. The molecule has 0 unspecified atom stereocenters. The Morgan fingerprint density at radius 1 is 1.18 bits per heavy atom. The highest BCUT2D eigenvalue weighted by Crippen LogP contribution is 2.28. The lowest BCUT2D eigenvalue weighted by molar-refractivity contribution is -0.118. The molecule has 1 aliphatic rings. The fourth-order valence-electron chi connectivity index (χ4n) is 2.93. The molecule has 0 spiro atoms. The van der Waals surface area contributed by atoms with Crippen molar-refractivity contribution in [3.63, 3.8) is 0 Å². The Morgan fingerprint density at radius 3 is 2.82 bits per heavy atom. The van der Waals surface area contributed by atoms with Gasteiger partial charge in [-0.2, -0.15) is 0 Å². The van der Waals surface area contributed by atoms with Crippen LogP contribution >= 0.6 is 11.6 Å². The lowest BCUT2D eigenvalue weighted by Gasteiger charge is -2.29. The summed E-state index contributed by atoms with van der Waals surface area (Å²) >= 11 is 6.01. The van der Waals surface area contributed by atoms with E-state index in [1.54, 1.807) is 12.1 Å². The number of aryl methyl sites for hydroxylation is 1. The van der Waals surface area contributed by atoms with Gasteiger partial charge < -0.3 is 4.90 Å². The van der Waals surface area contributed by atoms with Gasteiger partial charge in [0.05, 0.1) is 0 Å². The van der Waals surface area contributed by atoms with Crippen LogP contribution in [0.4, 0.5) is 10.1 Å². The zero-order chi connectivity index (χ0) is 15.5. The smallest absolute Gasteiger partial charge is 0.227 e. The van der Waals surface area contributed by atoms with Gasteiger partial charge in [-0.15, -0.1) is 0 Å². The number of carbonyl (C=O) groups excluding carboxylic acids is 1. The Kier molecular flexibility index (Phi) is 4.44. The summed E-state index contributed by atoms with van der Waals surface area (Å²) in [6, 6.07) is 12.6. The van der Waals surface area contributed by atoms with Gasteiger partial charge in [0.15, 0.2) is 0 Å². The van der Waals surface area contributed by atoms with Crippen molar-refractivity contribution in [3.05, 3.63) is 64.4 Å². The largest absolute Gasteiger partial charge is 0.312 e. The van der Waals surface area contributed by atoms with Crippen LogP contribution in [-0.2, 0) is 17.6 Å². The lowest BCUT2D eigenvalue weighted by Crippen LogP contribution is -2.35. The van der Waals surface area contributed by atoms with Gasteiger partial charge in [-0.05, 0) is 43.0 Å².